The van der Waals surface area contributed by atoms with Crippen molar-refractivity contribution in [3.63, 3.8) is 0 Å². The fourth-order valence-corrected chi connectivity index (χ4v) is 1.47. The van der Waals surface area contributed by atoms with E-state index < -0.39 is 0 Å². The number of ether oxygens (including phenoxy) is 1. The third-order valence-corrected chi connectivity index (χ3v) is 2.81. The van der Waals surface area contributed by atoms with Crippen molar-refractivity contribution < 1.29 is 21.6 Å². The topological polar surface area (TPSA) is 9.23 Å². The zero-order chi connectivity index (χ0) is 9.45. The highest BCUT2D eigenvalue weighted by Crippen LogP contribution is 2.04. The van der Waals surface area contributed by atoms with Gasteiger partial charge in [-0.1, -0.05) is 6.58 Å². The molecule has 0 aromatic rings. The lowest BCUT2D eigenvalue weighted by Crippen LogP contribution is -3.00. The number of hydrogen-bond acceptors (Lipinski definition) is 1. The standard InChI is InChI=1S/C10H22NO.ClH/c1-5-11(6-2,7-3)9-10-12-8-4;/h8H,4-7,9-10H2,1-3H3;1H/q+1;/p-1. The number of halogens is 1. The maximum atomic E-state index is 5.14. The van der Waals surface area contributed by atoms with Gasteiger partial charge >= 0.3 is 0 Å². The minimum Gasteiger partial charge on any atom is -1.00 e. The summed E-state index contributed by atoms with van der Waals surface area (Å²) in [7, 11) is 0. The van der Waals surface area contributed by atoms with Gasteiger partial charge in [-0.3, -0.25) is 0 Å². The van der Waals surface area contributed by atoms with Crippen LogP contribution in [0.1, 0.15) is 20.8 Å². The first-order valence-corrected chi connectivity index (χ1v) is 4.82. The molecule has 0 fully saturated rings. The highest BCUT2D eigenvalue weighted by Gasteiger charge is 2.19. The lowest BCUT2D eigenvalue weighted by atomic mass is 10.3. The van der Waals surface area contributed by atoms with Gasteiger partial charge in [0, 0.05) is 0 Å². The minimum absolute atomic E-state index is 0. The summed E-state index contributed by atoms with van der Waals surface area (Å²) in [5.74, 6) is 0. The van der Waals surface area contributed by atoms with Gasteiger partial charge in [-0.15, -0.1) is 0 Å². The Kier molecular flexibility index (Phi) is 9.86. The van der Waals surface area contributed by atoms with Crippen LogP contribution in [0.4, 0.5) is 0 Å². The summed E-state index contributed by atoms with van der Waals surface area (Å²) in [4.78, 5) is 0. The molecule has 0 saturated carbocycles. The predicted molar refractivity (Wildman–Crippen MR) is 52.9 cm³/mol. The summed E-state index contributed by atoms with van der Waals surface area (Å²) < 4.78 is 6.29. The Morgan fingerprint density at radius 1 is 1.15 bits per heavy atom. The van der Waals surface area contributed by atoms with Crippen molar-refractivity contribution >= 4 is 0 Å². The molecule has 0 amide bonds. The van der Waals surface area contributed by atoms with Gasteiger partial charge in [0.15, 0.2) is 0 Å². The van der Waals surface area contributed by atoms with Crippen LogP contribution in [-0.2, 0) is 4.74 Å². The summed E-state index contributed by atoms with van der Waals surface area (Å²) in [6.45, 7) is 15.7. The molecule has 0 spiro atoms. The maximum Gasteiger partial charge on any atom is 0.136 e. The minimum atomic E-state index is 0. The first-order chi connectivity index (χ1) is 5.74. The molecule has 0 aromatic carbocycles. The Hall–Kier alpha value is -0.210. The van der Waals surface area contributed by atoms with Crippen molar-refractivity contribution in [1.82, 2.24) is 0 Å². The van der Waals surface area contributed by atoms with Gasteiger partial charge in [0.05, 0.1) is 25.9 Å². The lowest BCUT2D eigenvalue weighted by molar-refractivity contribution is -0.923. The van der Waals surface area contributed by atoms with E-state index in [0.29, 0.717) is 0 Å². The van der Waals surface area contributed by atoms with Crippen molar-refractivity contribution in [3.05, 3.63) is 12.8 Å². The Bertz CT molecular complexity index is 116. The predicted octanol–water partition coefficient (Wildman–Crippen LogP) is -0.973. The van der Waals surface area contributed by atoms with Gasteiger partial charge in [0.25, 0.3) is 0 Å². The van der Waals surface area contributed by atoms with Gasteiger partial charge in [-0.2, -0.15) is 0 Å². The highest BCUT2D eigenvalue weighted by molar-refractivity contribution is 4.48. The van der Waals surface area contributed by atoms with Crippen molar-refractivity contribution in [2.24, 2.45) is 0 Å². The average Bonchev–Trinajstić information content (AvgIpc) is 2.14. The van der Waals surface area contributed by atoms with Crippen molar-refractivity contribution in [1.29, 1.82) is 0 Å². The first-order valence-electron chi connectivity index (χ1n) is 4.82. The Labute approximate surface area is 88.6 Å². The highest BCUT2D eigenvalue weighted by atomic mass is 35.5. The Balaban J connectivity index is 0. The van der Waals surface area contributed by atoms with E-state index in [1.165, 1.54) is 25.9 Å². The van der Waals surface area contributed by atoms with Gasteiger partial charge in [-0.25, -0.2) is 0 Å². The van der Waals surface area contributed by atoms with E-state index in [-0.39, 0.29) is 12.4 Å². The SMILES string of the molecule is C=COCC[N+](CC)(CC)CC.[Cl-]. The molecule has 3 heteroatoms. The summed E-state index contributed by atoms with van der Waals surface area (Å²) in [5.41, 5.74) is 0. The molecule has 0 aliphatic heterocycles. The molecule has 13 heavy (non-hydrogen) atoms. The van der Waals surface area contributed by atoms with Gasteiger partial charge < -0.3 is 21.6 Å². The molecule has 0 aliphatic rings. The molecule has 2 nitrogen and oxygen atoms in total. The van der Waals surface area contributed by atoms with Crippen LogP contribution < -0.4 is 12.4 Å². The molecule has 0 saturated heterocycles. The molecular weight excluding hydrogens is 186 g/mol. The summed E-state index contributed by atoms with van der Waals surface area (Å²) in [5, 5.41) is 0. The molecule has 0 bridgehead atoms. The molecule has 0 rings (SSSR count). The van der Waals surface area contributed by atoms with Crippen molar-refractivity contribution in [2.75, 3.05) is 32.8 Å². The van der Waals surface area contributed by atoms with Crippen LogP contribution in [-0.4, -0.2) is 37.3 Å². The molecule has 0 N–H and O–H groups in total. The molecule has 0 aliphatic carbocycles. The molecule has 80 valence electrons. The molecule has 0 aromatic heterocycles. The van der Waals surface area contributed by atoms with E-state index in [0.717, 1.165) is 17.6 Å². The Morgan fingerprint density at radius 3 is 1.92 bits per heavy atom. The molecule has 0 radical (unpaired) electrons. The lowest BCUT2D eigenvalue weighted by Gasteiger charge is -2.35. The van der Waals surface area contributed by atoms with Crippen LogP contribution in [0.2, 0.25) is 0 Å². The van der Waals surface area contributed by atoms with Crippen LogP contribution in [0.15, 0.2) is 12.8 Å². The van der Waals surface area contributed by atoms with Gasteiger partial charge in [-0.05, 0) is 20.8 Å². The first kappa shape index (κ1) is 15.3. The van der Waals surface area contributed by atoms with Crippen LogP contribution in [0.25, 0.3) is 0 Å². The van der Waals surface area contributed by atoms with Crippen molar-refractivity contribution in [2.45, 2.75) is 20.8 Å². The average molecular weight is 208 g/mol. The third kappa shape index (κ3) is 5.17. The Morgan fingerprint density at radius 2 is 1.62 bits per heavy atom. The molecule has 0 atom stereocenters. The smallest absolute Gasteiger partial charge is 0.136 e. The van der Waals surface area contributed by atoms with Gasteiger partial charge in [0.1, 0.15) is 13.2 Å². The monoisotopic (exact) mass is 207 g/mol. The molecular formula is C10H22ClNO. The third-order valence-electron chi connectivity index (χ3n) is 2.81. The normalized spacial score (nSPS) is 10.4. The maximum absolute atomic E-state index is 5.14. The number of hydrogen-bond donors (Lipinski definition) is 0. The van der Waals surface area contributed by atoms with Crippen LogP contribution >= 0.6 is 0 Å². The quantitative estimate of drug-likeness (QED) is 0.297. The largest absolute Gasteiger partial charge is 1.00 e. The zero-order valence-corrected chi connectivity index (χ0v) is 9.81. The fraction of sp³-hybridized carbons (Fsp3) is 0.800. The summed E-state index contributed by atoms with van der Waals surface area (Å²) in [6, 6.07) is 0. The van der Waals surface area contributed by atoms with E-state index in [1.807, 2.05) is 0 Å². The van der Waals surface area contributed by atoms with E-state index in [1.54, 1.807) is 0 Å². The van der Waals surface area contributed by atoms with Crippen LogP contribution in [0.3, 0.4) is 0 Å². The molecule has 0 unspecified atom stereocenters. The van der Waals surface area contributed by atoms with E-state index in [4.69, 9.17) is 4.74 Å². The van der Waals surface area contributed by atoms with E-state index in [9.17, 15) is 0 Å². The number of nitrogens with zero attached hydrogens (tertiary/aromatic N) is 1. The second-order valence-electron chi connectivity index (χ2n) is 3.05. The fourth-order valence-electron chi connectivity index (χ4n) is 1.47. The number of likely N-dealkylation sites (N-methyl/N-ethyl adjacent to an activating group) is 1. The van der Waals surface area contributed by atoms with Gasteiger partial charge in [0.2, 0.25) is 0 Å². The second kappa shape index (κ2) is 8.39. The van der Waals surface area contributed by atoms with Crippen LogP contribution in [0.5, 0.6) is 0 Å². The van der Waals surface area contributed by atoms with E-state index in [2.05, 4.69) is 27.4 Å². The van der Waals surface area contributed by atoms with Crippen LogP contribution in [0, 0.1) is 0 Å². The number of quaternary nitrogens is 1. The van der Waals surface area contributed by atoms with Crippen molar-refractivity contribution in [3.8, 4) is 0 Å². The molecule has 0 heterocycles. The number of rotatable bonds is 7. The van der Waals surface area contributed by atoms with E-state index >= 15 is 0 Å². The zero-order valence-electron chi connectivity index (χ0n) is 9.05. The second-order valence-corrected chi connectivity index (χ2v) is 3.05. The summed E-state index contributed by atoms with van der Waals surface area (Å²) in [6.07, 6.45) is 1.52. The summed E-state index contributed by atoms with van der Waals surface area (Å²) >= 11 is 0.